The average molecular weight is 572 g/mol. The largest absolute Gasteiger partial charge is 0.466 e. The number of carbonyl (C=O) groups is 3. The van der Waals surface area contributed by atoms with E-state index in [9.17, 15) is 18.8 Å². The number of Topliss-reactive ketones (excluding diaryl/α,β-unsaturated/α-hetero) is 1. The summed E-state index contributed by atoms with van der Waals surface area (Å²) in [5, 5.41) is 2.80. The fourth-order valence-corrected chi connectivity index (χ4v) is 6.34. The van der Waals surface area contributed by atoms with Gasteiger partial charge in [-0.15, -0.1) is 0 Å². The number of nitrogens with two attached hydrogens (primary N) is 1. The number of hydrogen-bond acceptors (Lipinski definition) is 6. The second-order valence-electron chi connectivity index (χ2n) is 10.3. The summed E-state index contributed by atoms with van der Waals surface area (Å²) in [7, 11) is 1.13. The Morgan fingerprint density at radius 3 is 2.51 bits per heavy atom. The van der Waals surface area contributed by atoms with Crippen LogP contribution in [0.25, 0.3) is 0 Å². The van der Waals surface area contributed by atoms with Crippen LogP contribution in [-0.2, 0) is 24.5 Å². The Balaban J connectivity index is 1.97. The molecule has 5 rings (SSSR count). The Bertz CT molecular complexity index is 1470. The van der Waals surface area contributed by atoms with E-state index in [1.807, 2.05) is 20.8 Å². The highest BCUT2D eigenvalue weighted by Gasteiger charge is 2.63. The quantitative estimate of drug-likeness (QED) is 0.505. The van der Waals surface area contributed by atoms with Crippen molar-refractivity contribution in [2.24, 2.45) is 11.1 Å². The first-order valence-corrected chi connectivity index (χ1v) is 12.4. The molecule has 1 amide bonds. The number of halogens is 3. The van der Waals surface area contributed by atoms with Gasteiger partial charge in [0.25, 0.3) is 0 Å². The topological polar surface area (TPSA) is 102 Å². The molecule has 0 saturated heterocycles. The minimum Gasteiger partial charge on any atom is -0.466 e. The number of amides is 1. The number of ketones is 1. The smallest absolute Gasteiger partial charge is 0.339 e. The Morgan fingerprint density at radius 1 is 1.16 bits per heavy atom. The van der Waals surface area contributed by atoms with Crippen molar-refractivity contribution in [2.45, 2.75) is 39.0 Å². The van der Waals surface area contributed by atoms with Crippen LogP contribution in [0.3, 0.4) is 0 Å². The second kappa shape index (κ2) is 8.24. The van der Waals surface area contributed by atoms with E-state index in [1.54, 1.807) is 18.2 Å². The summed E-state index contributed by atoms with van der Waals surface area (Å²) in [5.41, 5.74) is 5.59. The predicted molar refractivity (Wildman–Crippen MR) is 136 cm³/mol. The molecule has 1 atom stereocenters. The van der Waals surface area contributed by atoms with Gasteiger partial charge >= 0.3 is 5.97 Å². The molecule has 0 fully saturated rings. The van der Waals surface area contributed by atoms with E-state index >= 15 is 4.39 Å². The lowest BCUT2D eigenvalue weighted by Crippen LogP contribution is -2.54. The van der Waals surface area contributed by atoms with Gasteiger partial charge in [-0.3, -0.25) is 14.5 Å². The molecule has 2 aliphatic heterocycles. The van der Waals surface area contributed by atoms with Crippen molar-refractivity contribution >= 4 is 45.0 Å². The Morgan fingerprint density at radius 2 is 1.86 bits per heavy atom. The van der Waals surface area contributed by atoms with Crippen LogP contribution in [0.2, 0.25) is 0 Å². The van der Waals surface area contributed by atoms with Crippen molar-refractivity contribution in [3.8, 4) is 0 Å². The lowest BCUT2D eigenvalue weighted by atomic mass is 9.60. The second-order valence-corrected chi connectivity index (χ2v) is 11.2. The molecule has 3 aliphatic rings. The molecule has 2 aromatic carbocycles. The van der Waals surface area contributed by atoms with Gasteiger partial charge in [0, 0.05) is 39.5 Å². The number of nitrogens with zero attached hydrogens (tertiary/aromatic N) is 1. The first-order chi connectivity index (χ1) is 17.3. The van der Waals surface area contributed by atoms with Crippen LogP contribution >= 0.6 is 15.9 Å². The average Bonchev–Trinajstić information content (AvgIpc) is 3.05. The third-order valence-corrected chi connectivity index (χ3v) is 7.74. The van der Waals surface area contributed by atoms with Crippen LogP contribution in [0.1, 0.15) is 37.8 Å². The maximum Gasteiger partial charge on any atom is 0.339 e. The van der Waals surface area contributed by atoms with E-state index < -0.39 is 34.3 Å². The number of benzene rings is 2. The lowest BCUT2D eigenvalue weighted by molar-refractivity contribution is -0.138. The number of hydrogen-bond donors (Lipinski definition) is 2. The van der Waals surface area contributed by atoms with Crippen LogP contribution in [0.15, 0.2) is 57.5 Å². The zero-order valence-corrected chi connectivity index (χ0v) is 22.2. The zero-order chi connectivity index (χ0) is 27.0. The number of aryl methyl sites for hydroxylation is 1. The monoisotopic (exact) mass is 571 g/mol. The van der Waals surface area contributed by atoms with Crippen molar-refractivity contribution in [2.75, 3.05) is 17.3 Å². The predicted octanol–water partition coefficient (Wildman–Crippen LogP) is 4.73. The highest BCUT2D eigenvalue weighted by atomic mass is 79.9. The van der Waals surface area contributed by atoms with Crippen molar-refractivity contribution in [3.63, 3.8) is 0 Å². The molecular weight excluding hydrogens is 548 g/mol. The molecule has 1 aliphatic carbocycles. The number of rotatable bonds is 2. The van der Waals surface area contributed by atoms with E-state index in [0.29, 0.717) is 17.3 Å². The molecule has 3 N–H and O–H groups in total. The Hall–Kier alpha value is -3.53. The minimum absolute atomic E-state index is 0.0166. The fraction of sp³-hybridized carbons (Fsp3) is 0.296. The third kappa shape index (κ3) is 3.45. The van der Waals surface area contributed by atoms with Gasteiger partial charge in [0.05, 0.1) is 12.8 Å². The first kappa shape index (κ1) is 25.1. The molecule has 37 heavy (non-hydrogen) atoms. The molecule has 0 radical (unpaired) electrons. The molecule has 2 aromatic rings. The summed E-state index contributed by atoms with van der Waals surface area (Å²) in [4.78, 5) is 42.6. The van der Waals surface area contributed by atoms with Crippen molar-refractivity contribution in [3.05, 3.63) is 80.2 Å². The highest BCUT2D eigenvalue weighted by Crippen LogP contribution is 2.58. The van der Waals surface area contributed by atoms with E-state index in [2.05, 4.69) is 21.2 Å². The lowest BCUT2D eigenvalue weighted by Gasteiger charge is -2.47. The van der Waals surface area contributed by atoms with Gasteiger partial charge in [-0.1, -0.05) is 31.5 Å². The van der Waals surface area contributed by atoms with Gasteiger partial charge < -0.3 is 15.8 Å². The summed E-state index contributed by atoms with van der Waals surface area (Å²) in [6, 6.07) is 6.97. The molecular formula is C27H24BrF2N3O4. The maximum atomic E-state index is 15.4. The summed E-state index contributed by atoms with van der Waals surface area (Å²) in [6.07, 6.45) is 0.305. The summed E-state index contributed by atoms with van der Waals surface area (Å²) in [5.74, 6) is -4.04. The van der Waals surface area contributed by atoms with Crippen LogP contribution in [0.5, 0.6) is 0 Å². The number of ether oxygens (including phenoxy) is 1. The van der Waals surface area contributed by atoms with Gasteiger partial charge in [0.2, 0.25) is 5.91 Å². The molecule has 192 valence electrons. The van der Waals surface area contributed by atoms with Gasteiger partial charge in [-0.25, -0.2) is 13.6 Å². The molecule has 7 nitrogen and oxygen atoms in total. The fourth-order valence-electron chi connectivity index (χ4n) is 5.75. The Kier molecular flexibility index (Phi) is 5.60. The standard InChI is InChI=1S/C27H24BrF2N3O4/c1-12-5-6-17-14(7-12)27(25(36)32-17)20-18(10-26(2,3)11-19(20)34)33(23(31)21(27)24(35)37-4)22-15(28)8-13(29)9-16(22)30/h5-9H,10-11,31H2,1-4H3,(H,32,36). The SMILES string of the molecule is COC(=O)C1=C(N)N(c2c(F)cc(F)cc2Br)C2=C(C(=O)CC(C)(C)C2)C12C(=O)Nc1ccc(C)cc12. The molecule has 0 aromatic heterocycles. The van der Waals surface area contributed by atoms with Crippen molar-refractivity contribution in [1.82, 2.24) is 0 Å². The first-order valence-electron chi connectivity index (χ1n) is 11.6. The van der Waals surface area contributed by atoms with Gasteiger partial charge in [0.1, 0.15) is 22.6 Å². The zero-order valence-electron chi connectivity index (χ0n) is 20.6. The van der Waals surface area contributed by atoms with E-state index in [-0.39, 0.29) is 51.4 Å². The van der Waals surface area contributed by atoms with Crippen molar-refractivity contribution in [1.29, 1.82) is 0 Å². The minimum atomic E-state index is -1.90. The van der Waals surface area contributed by atoms with Gasteiger partial charge in [0.15, 0.2) is 11.6 Å². The molecule has 1 unspecified atom stereocenters. The van der Waals surface area contributed by atoms with E-state index in [1.165, 1.54) is 4.90 Å². The molecule has 0 bridgehead atoms. The van der Waals surface area contributed by atoms with Crippen LogP contribution in [-0.4, -0.2) is 24.8 Å². The molecule has 10 heteroatoms. The summed E-state index contributed by atoms with van der Waals surface area (Å²) in [6.45, 7) is 5.57. The maximum absolute atomic E-state index is 15.4. The third-order valence-electron chi connectivity index (χ3n) is 7.13. The highest BCUT2D eigenvalue weighted by molar-refractivity contribution is 9.10. The van der Waals surface area contributed by atoms with Crippen LogP contribution in [0, 0.1) is 24.0 Å². The molecule has 2 heterocycles. The molecule has 1 spiro atoms. The van der Waals surface area contributed by atoms with Crippen molar-refractivity contribution < 1.29 is 27.9 Å². The summed E-state index contributed by atoms with van der Waals surface area (Å²) >= 11 is 3.21. The van der Waals surface area contributed by atoms with E-state index in [4.69, 9.17) is 10.5 Å². The number of allylic oxidation sites excluding steroid dienone is 1. The number of carbonyl (C=O) groups excluding carboxylic acids is 3. The number of fused-ring (bicyclic) bond motifs is 3. The number of nitrogens with one attached hydrogen (secondary N) is 1. The summed E-state index contributed by atoms with van der Waals surface area (Å²) < 4.78 is 34.5. The van der Waals surface area contributed by atoms with Crippen LogP contribution in [0.4, 0.5) is 20.2 Å². The van der Waals surface area contributed by atoms with Gasteiger partial charge in [-0.2, -0.15) is 0 Å². The van der Waals surface area contributed by atoms with Gasteiger partial charge in [-0.05, 0) is 46.8 Å². The molecule has 0 saturated carbocycles. The van der Waals surface area contributed by atoms with Crippen LogP contribution < -0.4 is 16.0 Å². The van der Waals surface area contributed by atoms with E-state index in [0.717, 1.165) is 18.7 Å². The number of anilines is 2. The number of methoxy groups -OCH3 is 1. The Labute approximate surface area is 220 Å². The number of esters is 1. The normalized spacial score (nSPS) is 22.3.